The largest absolute Gasteiger partial charge is 0.399 e. The van der Waals surface area contributed by atoms with Crippen LogP contribution >= 0.6 is 0 Å². The molecule has 0 saturated heterocycles. The van der Waals surface area contributed by atoms with E-state index in [2.05, 4.69) is 92.1 Å². The van der Waals surface area contributed by atoms with Crippen LogP contribution in [0, 0.1) is 11.3 Å². The minimum atomic E-state index is 0.155. The highest BCUT2D eigenvalue weighted by Crippen LogP contribution is 2.35. The Morgan fingerprint density at radius 2 is 1.77 bits per heavy atom. The number of nitrogens with zero attached hydrogens (tertiary/aromatic N) is 1. The summed E-state index contributed by atoms with van der Waals surface area (Å²) in [6.07, 6.45) is 13.4. The first kappa shape index (κ1) is 16.7. The number of rotatable bonds is 3. The van der Waals surface area contributed by atoms with Gasteiger partial charge in [-0.1, -0.05) is 56.4 Å². The Kier molecular flexibility index (Phi) is 3.99. The SMILES string of the molecule is CCn1c2ccc(N)cc2c2cc(/C=C/C3C=CC=CC3(C)C)ccc21. The van der Waals surface area contributed by atoms with E-state index in [1.54, 1.807) is 0 Å². The molecular weight excluding hydrogens is 316 g/mol. The minimum Gasteiger partial charge on any atom is -0.399 e. The molecule has 4 rings (SSSR count). The number of nitrogen functional groups attached to an aromatic ring is 1. The maximum Gasteiger partial charge on any atom is 0.0492 e. The van der Waals surface area contributed by atoms with Gasteiger partial charge in [0, 0.05) is 40.0 Å². The summed E-state index contributed by atoms with van der Waals surface area (Å²) in [7, 11) is 0. The second-order valence-electron chi connectivity index (χ2n) is 7.75. The molecule has 26 heavy (non-hydrogen) atoms. The molecule has 2 aromatic carbocycles. The van der Waals surface area contributed by atoms with E-state index in [0.29, 0.717) is 5.92 Å². The molecule has 2 N–H and O–H groups in total. The Labute approximate surface area is 155 Å². The number of aromatic nitrogens is 1. The van der Waals surface area contributed by atoms with Crippen LogP contribution in [-0.4, -0.2) is 4.57 Å². The van der Waals surface area contributed by atoms with Crippen molar-refractivity contribution in [2.24, 2.45) is 11.3 Å². The molecule has 1 aromatic heterocycles. The van der Waals surface area contributed by atoms with Crippen LogP contribution in [0.5, 0.6) is 0 Å². The molecule has 1 aliphatic carbocycles. The number of hydrogen-bond donors (Lipinski definition) is 1. The smallest absolute Gasteiger partial charge is 0.0492 e. The first-order valence-electron chi connectivity index (χ1n) is 9.35. The third-order valence-corrected chi connectivity index (χ3v) is 5.54. The molecule has 0 fully saturated rings. The molecule has 1 aliphatic rings. The van der Waals surface area contributed by atoms with Gasteiger partial charge in [-0.05, 0) is 48.2 Å². The Morgan fingerprint density at radius 3 is 2.50 bits per heavy atom. The maximum absolute atomic E-state index is 6.05. The van der Waals surface area contributed by atoms with E-state index >= 15 is 0 Å². The van der Waals surface area contributed by atoms with E-state index in [1.807, 2.05) is 6.07 Å². The summed E-state index contributed by atoms with van der Waals surface area (Å²) in [5.41, 5.74) is 10.8. The third-order valence-electron chi connectivity index (χ3n) is 5.54. The molecule has 2 nitrogen and oxygen atoms in total. The average molecular weight is 342 g/mol. The number of anilines is 1. The van der Waals surface area contributed by atoms with Crippen molar-refractivity contribution in [2.75, 3.05) is 5.73 Å². The summed E-state index contributed by atoms with van der Waals surface area (Å²) in [6, 6.07) is 12.9. The fourth-order valence-corrected chi connectivity index (χ4v) is 3.96. The molecule has 0 aliphatic heterocycles. The molecule has 0 radical (unpaired) electrons. The number of aryl methyl sites for hydroxylation is 1. The topological polar surface area (TPSA) is 30.9 Å². The molecule has 0 bridgehead atoms. The van der Waals surface area contributed by atoms with Gasteiger partial charge in [0.2, 0.25) is 0 Å². The minimum absolute atomic E-state index is 0.155. The molecule has 0 saturated carbocycles. The highest BCUT2D eigenvalue weighted by atomic mass is 15.0. The van der Waals surface area contributed by atoms with Crippen LogP contribution in [0.1, 0.15) is 26.3 Å². The molecule has 1 atom stereocenters. The lowest BCUT2D eigenvalue weighted by molar-refractivity contribution is 0.398. The molecule has 1 unspecified atom stereocenters. The van der Waals surface area contributed by atoms with Gasteiger partial charge in [0.1, 0.15) is 0 Å². The van der Waals surface area contributed by atoms with Crippen molar-refractivity contribution in [2.45, 2.75) is 27.3 Å². The number of allylic oxidation sites excluding steroid dienone is 5. The van der Waals surface area contributed by atoms with Gasteiger partial charge in [0.15, 0.2) is 0 Å². The highest BCUT2D eigenvalue weighted by molar-refractivity contribution is 6.09. The molecule has 3 aromatic rings. The third kappa shape index (κ3) is 2.76. The van der Waals surface area contributed by atoms with Crippen LogP contribution in [0.3, 0.4) is 0 Å². The van der Waals surface area contributed by atoms with Crippen LogP contribution in [0.2, 0.25) is 0 Å². The van der Waals surface area contributed by atoms with Gasteiger partial charge in [-0.25, -0.2) is 0 Å². The summed E-state index contributed by atoms with van der Waals surface area (Å²) in [4.78, 5) is 0. The van der Waals surface area contributed by atoms with Crippen molar-refractivity contribution in [3.05, 3.63) is 72.3 Å². The van der Waals surface area contributed by atoms with Crippen LogP contribution < -0.4 is 5.73 Å². The standard InChI is InChI=1S/C24H26N2/c1-4-26-22-12-9-17(8-10-18-7-5-6-14-24(18,2)3)15-20(22)21-16-19(25)11-13-23(21)26/h5-16,18H,4,25H2,1-3H3/b10-8+. The summed E-state index contributed by atoms with van der Waals surface area (Å²) < 4.78 is 2.36. The first-order valence-corrected chi connectivity index (χ1v) is 9.35. The lowest BCUT2D eigenvalue weighted by Crippen LogP contribution is -2.19. The van der Waals surface area contributed by atoms with Crippen LogP contribution in [0.15, 0.2) is 66.8 Å². The molecule has 2 heteroatoms. The molecule has 0 spiro atoms. The Bertz CT molecular complexity index is 1060. The Hall–Kier alpha value is -2.74. The summed E-state index contributed by atoms with van der Waals surface area (Å²) in [5.74, 6) is 0.413. The van der Waals surface area contributed by atoms with Crippen molar-refractivity contribution >= 4 is 33.6 Å². The number of benzene rings is 2. The zero-order chi connectivity index (χ0) is 18.3. The molecule has 1 heterocycles. The van der Waals surface area contributed by atoms with E-state index in [0.717, 1.165) is 12.2 Å². The quantitative estimate of drug-likeness (QED) is 0.566. The summed E-state index contributed by atoms with van der Waals surface area (Å²) >= 11 is 0. The lowest BCUT2D eigenvalue weighted by atomic mass is 9.76. The molecule has 132 valence electrons. The number of fused-ring (bicyclic) bond motifs is 3. The molecule has 0 amide bonds. The monoisotopic (exact) mass is 342 g/mol. The van der Waals surface area contributed by atoms with E-state index < -0.39 is 0 Å². The van der Waals surface area contributed by atoms with E-state index in [1.165, 1.54) is 27.4 Å². The average Bonchev–Trinajstić information content (AvgIpc) is 2.92. The van der Waals surface area contributed by atoms with Crippen LogP contribution in [-0.2, 0) is 6.54 Å². The van der Waals surface area contributed by atoms with Crippen molar-refractivity contribution < 1.29 is 0 Å². The van der Waals surface area contributed by atoms with Crippen molar-refractivity contribution in [1.82, 2.24) is 4.57 Å². The fraction of sp³-hybridized carbons (Fsp3) is 0.250. The van der Waals surface area contributed by atoms with Crippen LogP contribution in [0.25, 0.3) is 27.9 Å². The van der Waals surface area contributed by atoms with Gasteiger partial charge >= 0.3 is 0 Å². The Morgan fingerprint density at radius 1 is 1.04 bits per heavy atom. The predicted octanol–water partition coefficient (Wildman–Crippen LogP) is 6.18. The van der Waals surface area contributed by atoms with Gasteiger partial charge in [-0.3, -0.25) is 0 Å². The zero-order valence-corrected chi connectivity index (χ0v) is 15.7. The van der Waals surface area contributed by atoms with E-state index in [-0.39, 0.29) is 5.41 Å². The Balaban J connectivity index is 1.79. The lowest BCUT2D eigenvalue weighted by Gasteiger charge is -2.29. The van der Waals surface area contributed by atoms with Gasteiger partial charge < -0.3 is 10.3 Å². The number of hydrogen-bond acceptors (Lipinski definition) is 1. The summed E-state index contributed by atoms with van der Waals surface area (Å²) in [6.45, 7) is 7.70. The van der Waals surface area contributed by atoms with E-state index in [9.17, 15) is 0 Å². The predicted molar refractivity (Wildman–Crippen MR) is 114 cm³/mol. The van der Waals surface area contributed by atoms with Gasteiger partial charge in [0.05, 0.1) is 0 Å². The van der Waals surface area contributed by atoms with Crippen LogP contribution in [0.4, 0.5) is 5.69 Å². The van der Waals surface area contributed by atoms with Gasteiger partial charge in [-0.2, -0.15) is 0 Å². The van der Waals surface area contributed by atoms with Gasteiger partial charge in [0.25, 0.3) is 0 Å². The fourth-order valence-electron chi connectivity index (χ4n) is 3.96. The van der Waals surface area contributed by atoms with Gasteiger partial charge in [-0.15, -0.1) is 0 Å². The van der Waals surface area contributed by atoms with Crippen molar-refractivity contribution in [3.63, 3.8) is 0 Å². The zero-order valence-electron chi connectivity index (χ0n) is 15.7. The summed E-state index contributed by atoms with van der Waals surface area (Å²) in [5, 5.41) is 2.51. The normalized spacial score (nSPS) is 19.1. The van der Waals surface area contributed by atoms with Crippen molar-refractivity contribution in [1.29, 1.82) is 0 Å². The maximum atomic E-state index is 6.05. The molecular formula is C24H26N2. The second kappa shape index (κ2) is 6.21. The second-order valence-corrected chi connectivity index (χ2v) is 7.75. The highest BCUT2D eigenvalue weighted by Gasteiger charge is 2.23. The number of nitrogens with two attached hydrogens (primary N) is 1. The van der Waals surface area contributed by atoms with E-state index in [4.69, 9.17) is 5.73 Å². The van der Waals surface area contributed by atoms with Crippen molar-refractivity contribution in [3.8, 4) is 0 Å². The first-order chi connectivity index (χ1) is 12.5.